The van der Waals surface area contributed by atoms with E-state index in [4.69, 9.17) is 4.42 Å². The minimum Gasteiger partial charge on any atom is -0.465 e. The molecule has 0 atom stereocenters. The molecule has 0 saturated heterocycles. The van der Waals surface area contributed by atoms with Gasteiger partial charge in [-0.3, -0.25) is 14.4 Å². The molecule has 1 heterocycles. The maximum Gasteiger partial charge on any atom is 0.272 e. The van der Waals surface area contributed by atoms with Crippen molar-refractivity contribution in [2.45, 2.75) is 4.90 Å². The summed E-state index contributed by atoms with van der Waals surface area (Å²) in [6.07, 6.45) is 2.94. The number of furan rings is 1. The van der Waals surface area contributed by atoms with Crippen LogP contribution in [0.25, 0.3) is 6.08 Å². The molecule has 0 radical (unpaired) electrons. The van der Waals surface area contributed by atoms with Gasteiger partial charge < -0.3 is 20.4 Å². The molecule has 4 rings (SSSR count). The van der Waals surface area contributed by atoms with Gasteiger partial charge in [0.2, 0.25) is 5.91 Å². The predicted octanol–water partition coefficient (Wildman–Crippen LogP) is 6.02. The maximum atomic E-state index is 13.1. The van der Waals surface area contributed by atoms with E-state index in [0.717, 1.165) is 14.2 Å². The van der Waals surface area contributed by atoms with Crippen molar-refractivity contribution in [2.24, 2.45) is 0 Å². The van der Waals surface area contributed by atoms with E-state index >= 15 is 0 Å². The van der Waals surface area contributed by atoms with Gasteiger partial charge in [0, 0.05) is 31.5 Å². The Balaban J connectivity index is 1.40. The van der Waals surface area contributed by atoms with Crippen molar-refractivity contribution >= 4 is 69.5 Å². The van der Waals surface area contributed by atoms with E-state index in [2.05, 4.69) is 38.5 Å². The molecular formula is C28H22IN3O4S. The van der Waals surface area contributed by atoms with Crippen LogP contribution in [0.5, 0.6) is 0 Å². The van der Waals surface area contributed by atoms with Gasteiger partial charge >= 0.3 is 0 Å². The fourth-order valence-corrected chi connectivity index (χ4v) is 4.31. The molecule has 0 bridgehead atoms. The molecule has 0 aliphatic heterocycles. The smallest absolute Gasteiger partial charge is 0.272 e. The van der Waals surface area contributed by atoms with Crippen molar-refractivity contribution in [2.75, 3.05) is 16.4 Å². The highest BCUT2D eigenvalue weighted by molar-refractivity contribution is 14.1. The highest BCUT2D eigenvalue weighted by Gasteiger charge is 2.16. The van der Waals surface area contributed by atoms with Gasteiger partial charge in [0.05, 0.1) is 12.0 Å². The lowest BCUT2D eigenvalue weighted by atomic mass is 10.2. The molecule has 4 aromatic rings. The van der Waals surface area contributed by atoms with Crippen molar-refractivity contribution in [1.82, 2.24) is 5.32 Å². The van der Waals surface area contributed by atoms with Crippen molar-refractivity contribution in [3.05, 3.63) is 118 Å². The third kappa shape index (κ3) is 8.09. The second-order valence-corrected chi connectivity index (χ2v) is 10.0. The van der Waals surface area contributed by atoms with E-state index in [-0.39, 0.29) is 17.4 Å². The Bertz CT molecular complexity index is 1410. The van der Waals surface area contributed by atoms with Crippen LogP contribution in [0.15, 0.2) is 112 Å². The molecule has 0 unspecified atom stereocenters. The zero-order valence-corrected chi connectivity index (χ0v) is 22.4. The minimum absolute atomic E-state index is 0.0266. The molecule has 186 valence electrons. The molecule has 9 heteroatoms. The number of carbonyl (C=O) groups is 3. The molecule has 37 heavy (non-hydrogen) atoms. The number of thioether (sulfide) groups is 1. The fourth-order valence-electron chi connectivity index (χ4n) is 3.20. The zero-order valence-electron chi connectivity index (χ0n) is 19.4. The van der Waals surface area contributed by atoms with Gasteiger partial charge in [-0.1, -0.05) is 24.3 Å². The van der Waals surface area contributed by atoms with Crippen LogP contribution in [0.3, 0.4) is 0 Å². The van der Waals surface area contributed by atoms with Crippen molar-refractivity contribution < 1.29 is 18.8 Å². The first-order valence-corrected chi connectivity index (χ1v) is 13.2. The van der Waals surface area contributed by atoms with Gasteiger partial charge in [-0.2, -0.15) is 0 Å². The second kappa shape index (κ2) is 12.9. The molecule has 0 fully saturated rings. The standard InChI is InChI=1S/C28H22IN3O4S/c29-20-11-13-21(14-12-20)30-26(33)18-37-24-10-4-8-22(16-24)31-28(35)25(17-23-9-5-15-36-23)32-27(34)19-6-2-1-3-7-19/h1-17H,18H2,(H,30,33)(H,31,35)(H,32,34)/b25-17-. The maximum absolute atomic E-state index is 13.1. The van der Waals surface area contributed by atoms with Crippen LogP contribution in [0.1, 0.15) is 16.1 Å². The third-order valence-corrected chi connectivity index (χ3v) is 6.66. The number of hydrogen-bond acceptors (Lipinski definition) is 5. The Hall–Kier alpha value is -3.83. The molecule has 0 aliphatic carbocycles. The summed E-state index contributed by atoms with van der Waals surface area (Å²) in [4.78, 5) is 38.9. The summed E-state index contributed by atoms with van der Waals surface area (Å²) in [5.41, 5.74) is 1.70. The number of hydrogen-bond donors (Lipinski definition) is 3. The van der Waals surface area contributed by atoms with Gasteiger partial charge in [0.1, 0.15) is 11.5 Å². The summed E-state index contributed by atoms with van der Waals surface area (Å²) in [6, 6.07) is 26.7. The van der Waals surface area contributed by atoms with Gasteiger partial charge in [0.25, 0.3) is 11.8 Å². The van der Waals surface area contributed by atoms with Gasteiger partial charge in [-0.15, -0.1) is 11.8 Å². The quantitative estimate of drug-likeness (QED) is 0.120. The van der Waals surface area contributed by atoms with E-state index in [1.165, 1.54) is 24.1 Å². The molecule has 0 saturated carbocycles. The summed E-state index contributed by atoms with van der Waals surface area (Å²) >= 11 is 3.56. The summed E-state index contributed by atoms with van der Waals surface area (Å²) in [6.45, 7) is 0. The highest BCUT2D eigenvalue weighted by atomic mass is 127. The van der Waals surface area contributed by atoms with E-state index in [9.17, 15) is 14.4 Å². The molecule has 0 spiro atoms. The van der Waals surface area contributed by atoms with E-state index < -0.39 is 11.8 Å². The van der Waals surface area contributed by atoms with Gasteiger partial charge in [-0.25, -0.2) is 0 Å². The topological polar surface area (TPSA) is 100 Å². The van der Waals surface area contributed by atoms with Gasteiger partial charge in [-0.05, 0) is 89.3 Å². The first-order valence-electron chi connectivity index (χ1n) is 11.2. The normalized spacial score (nSPS) is 11.0. The average Bonchev–Trinajstić information content (AvgIpc) is 3.42. The molecule has 3 N–H and O–H groups in total. The van der Waals surface area contributed by atoms with Crippen LogP contribution in [0.2, 0.25) is 0 Å². The lowest BCUT2D eigenvalue weighted by Crippen LogP contribution is -2.30. The van der Waals surface area contributed by atoms with Crippen molar-refractivity contribution in [3.8, 4) is 0 Å². The van der Waals surface area contributed by atoms with Crippen LogP contribution in [0.4, 0.5) is 11.4 Å². The molecule has 3 amide bonds. The summed E-state index contributed by atoms with van der Waals surface area (Å²) in [5.74, 6) is -0.439. The lowest BCUT2D eigenvalue weighted by molar-refractivity contribution is -0.114. The summed E-state index contributed by atoms with van der Waals surface area (Å²) < 4.78 is 6.41. The Morgan fingerprint density at radius 2 is 1.62 bits per heavy atom. The molecule has 1 aromatic heterocycles. The van der Waals surface area contributed by atoms with E-state index in [1.54, 1.807) is 60.7 Å². The molecule has 7 nitrogen and oxygen atoms in total. The predicted molar refractivity (Wildman–Crippen MR) is 154 cm³/mol. The average molecular weight is 623 g/mol. The number of benzene rings is 3. The number of anilines is 2. The van der Waals surface area contributed by atoms with E-state index in [1.807, 2.05) is 30.3 Å². The first kappa shape index (κ1) is 26.2. The molecular weight excluding hydrogens is 601 g/mol. The fraction of sp³-hybridized carbons (Fsp3) is 0.0357. The largest absolute Gasteiger partial charge is 0.465 e. The lowest BCUT2D eigenvalue weighted by Gasteiger charge is -2.12. The highest BCUT2D eigenvalue weighted by Crippen LogP contribution is 2.23. The number of nitrogens with one attached hydrogen (secondary N) is 3. The van der Waals surface area contributed by atoms with Gasteiger partial charge in [0.15, 0.2) is 0 Å². The number of rotatable bonds is 9. The monoisotopic (exact) mass is 623 g/mol. The van der Waals surface area contributed by atoms with Crippen molar-refractivity contribution in [1.29, 1.82) is 0 Å². The molecule has 0 aliphatic rings. The molecule has 3 aromatic carbocycles. The number of carbonyl (C=O) groups excluding carboxylic acids is 3. The van der Waals surface area contributed by atoms with Crippen LogP contribution < -0.4 is 16.0 Å². The SMILES string of the molecule is O=C(CSc1cccc(NC(=O)/C(=C/c2ccco2)NC(=O)c2ccccc2)c1)Nc1ccc(I)cc1. The summed E-state index contributed by atoms with van der Waals surface area (Å²) in [7, 11) is 0. The van der Waals surface area contributed by atoms with Crippen LogP contribution in [-0.4, -0.2) is 23.5 Å². The van der Waals surface area contributed by atoms with Crippen LogP contribution >= 0.6 is 34.4 Å². The second-order valence-electron chi connectivity index (χ2n) is 7.72. The van der Waals surface area contributed by atoms with Crippen LogP contribution in [-0.2, 0) is 9.59 Å². The van der Waals surface area contributed by atoms with Crippen molar-refractivity contribution in [3.63, 3.8) is 0 Å². The first-order chi connectivity index (χ1) is 18.0. The third-order valence-electron chi connectivity index (χ3n) is 4.95. The number of amides is 3. The summed E-state index contributed by atoms with van der Waals surface area (Å²) in [5, 5.41) is 8.34. The van der Waals surface area contributed by atoms with E-state index in [0.29, 0.717) is 17.0 Å². The zero-order chi connectivity index (χ0) is 26.0. The van der Waals surface area contributed by atoms with Crippen LogP contribution in [0, 0.1) is 3.57 Å². The minimum atomic E-state index is -0.515. The Labute approximate surface area is 231 Å². The number of halogens is 1. The Morgan fingerprint density at radius 3 is 2.35 bits per heavy atom. The Kier molecular flexibility index (Phi) is 9.17. The Morgan fingerprint density at radius 1 is 0.838 bits per heavy atom.